The molecular weight excluding hydrogens is 757 g/mol. The lowest BCUT2D eigenvalue weighted by Crippen LogP contribution is -2.01. The zero-order valence-electron chi connectivity index (χ0n) is 33.5. The maximum Gasteiger partial charge on any atom is 0.164 e. The van der Waals surface area contributed by atoms with Crippen molar-refractivity contribution in [2.75, 3.05) is 0 Å². The standard InChI is InChI=1S/C56H36N6/c1-4-17-38(18-5-1)51-52(39-19-6-2-7-20-39)60-62-50(36-42-23-10-11-26-45(42)53(51)62)37-31-33-41(34-32-37)55-57-54(40-21-8-3-9-22-40)58-56(59-55)43-24-16-25-44(35-43)61-48-29-14-12-27-46(48)47-28-13-15-30-49(47)61/h1-36H. The van der Waals surface area contributed by atoms with Crippen molar-refractivity contribution >= 4 is 38.1 Å². The fraction of sp³-hybridized carbons (Fsp3) is 0. The smallest absolute Gasteiger partial charge is 0.164 e. The van der Waals surface area contributed by atoms with Crippen molar-refractivity contribution in [2.45, 2.75) is 0 Å². The maximum absolute atomic E-state index is 5.40. The molecular formula is C56H36N6. The van der Waals surface area contributed by atoms with Crippen molar-refractivity contribution < 1.29 is 0 Å². The van der Waals surface area contributed by atoms with Gasteiger partial charge < -0.3 is 4.57 Å². The van der Waals surface area contributed by atoms with E-state index in [9.17, 15) is 0 Å². The van der Waals surface area contributed by atoms with Gasteiger partial charge in [0.15, 0.2) is 17.5 Å². The van der Waals surface area contributed by atoms with Gasteiger partial charge in [-0.1, -0.05) is 188 Å². The number of benzene rings is 8. The molecule has 0 fully saturated rings. The second-order valence-electron chi connectivity index (χ2n) is 15.5. The van der Waals surface area contributed by atoms with Crippen LogP contribution in [0.15, 0.2) is 218 Å². The molecule has 12 aromatic rings. The minimum absolute atomic E-state index is 0.600. The lowest BCUT2D eigenvalue weighted by Gasteiger charge is -2.12. The van der Waals surface area contributed by atoms with Crippen LogP contribution < -0.4 is 0 Å². The van der Waals surface area contributed by atoms with E-state index in [4.69, 9.17) is 20.1 Å². The molecule has 0 aliphatic heterocycles. The monoisotopic (exact) mass is 792 g/mol. The van der Waals surface area contributed by atoms with E-state index in [-0.39, 0.29) is 0 Å². The van der Waals surface area contributed by atoms with Crippen LogP contribution in [0, 0.1) is 0 Å². The van der Waals surface area contributed by atoms with Gasteiger partial charge in [-0.15, -0.1) is 0 Å². The Hall–Kier alpha value is -8.48. The Morgan fingerprint density at radius 3 is 1.47 bits per heavy atom. The fourth-order valence-corrected chi connectivity index (χ4v) is 8.90. The van der Waals surface area contributed by atoms with E-state index in [2.05, 4.69) is 191 Å². The third-order valence-electron chi connectivity index (χ3n) is 11.8. The van der Waals surface area contributed by atoms with Crippen molar-refractivity contribution in [3.63, 3.8) is 0 Å². The summed E-state index contributed by atoms with van der Waals surface area (Å²) < 4.78 is 4.45. The maximum atomic E-state index is 5.40. The number of para-hydroxylation sites is 2. The van der Waals surface area contributed by atoms with Crippen molar-refractivity contribution in [1.29, 1.82) is 0 Å². The second kappa shape index (κ2) is 14.7. The first-order valence-corrected chi connectivity index (χ1v) is 20.8. The Morgan fingerprint density at radius 2 is 0.823 bits per heavy atom. The minimum atomic E-state index is 0.600. The molecule has 4 heterocycles. The molecule has 0 amide bonds. The second-order valence-corrected chi connectivity index (χ2v) is 15.5. The highest BCUT2D eigenvalue weighted by molar-refractivity contribution is 6.10. The fourth-order valence-electron chi connectivity index (χ4n) is 8.90. The third kappa shape index (κ3) is 5.96. The zero-order valence-corrected chi connectivity index (χ0v) is 33.5. The normalized spacial score (nSPS) is 11.5. The van der Waals surface area contributed by atoms with Gasteiger partial charge in [0, 0.05) is 55.2 Å². The molecule has 12 rings (SSSR count). The number of aromatic nitrogens is 6. The molecule has 6 heteroatoms. The topological polar surface area (TPSA) is 60.9 Å². The molecule has 0 spiro atoms. The highest BCUT2D eigenvalue weighted by Gasteiger charge is 2.22. The highest BCUT2D eigenvalue weighted by Crippen LogP contribution is 2.41. The third-order valence-corrected chi connectivity index (χ3v) is 11.8. The van der Waals surface area contributed by atoms with Gasteiger partial charge in [0.2, 0.25) is 0 Å². The van der Waals surface area contributed by atoms with Gasteiger partial charge in [-0.05, 0) is 41.3 Å². The minimum Gasteiger partial charge on any atom is -0.309 e. The van der Waals surface area contributed by atoms with E-state index in [1.165, 1.54) is 10.8 Å². The molecule has 290 valence electrons. The van der Waals surface area contributed by atoms with Crippen LogP contribution in [0.3, 0.4) is 0 Å². The van der Waals surface area contributed by atoms with Crippen LogP contribution in [-0.4, -0.2) is 29.1 Å². The van der Waals surface area contributed by atoms with Gasteiger partial charge in [0.1, 0.15) is 5.69 Å². The van der Waals surface area contributed by atoms with Gasteiger partial charge in [-0.25, -0.2) is 19.5 Å². The van der Waals surface area contributed by atoms with Crippen molar-refractivity contribution in [3.05, 3.63) is 218 Å². The average molecular weight is 793 g/mol. The number of hydrogen-bond donors (Lipinski definition) is 0. The molecule has 8 aromatic carbocycles. The number of fused-ring (bicyclic) bond motifs is 6. The Bertz CT molecular complexity index is 3560. The van der Waals surface area contributed by atoms with Gasteiger partial charge in [0.25, 0.3) is 0 Å². The summed E-state index contributed by atoms with van der Waals surface area (Å²) in [6, 6.07) is 76.2. The van der Waals surface area contributed by atoms with Crippen LogP contribution in [0.1, 0.15) is 0 Å². The molecule has 0 unspecified atom stereocenters. The summed E-state index contributed by atoms with van der Waals surface area (Å²) in [6.45, 7) is 0. The van der Waals surface area contributed by atoms with E-state index in [1.54, 1.807) is 0 Å². The molecule has 0 aliphatic rings. The van der Waals surface area contributed by atoms with Crippen LogP contribution in [0.5, 0.6) is 0 Å². The van der Waals surface area contributed by atoms with Gasteiger partial charge >= 0.3 is 0 Å². The Labute approximate surface area is 357 Å². The molecule has 0 bridgehead atoms. The van der Waals surface area contributed by atoms with Gasteiger partial charge in [-0.2, -0.15) is 5.10 Å². The molecule has 6 nitrogen and oxygen atoms in total. The predicted octanol–water partition coefficient (Wildman–Crippen LogP) is 13.8. The SMILES string of the molecule is c1ccc(-c2nc(-c3ccc(-c4cc5ccccc5c5c(-c6ccccc6)c(-c6ccccc6)nn45)cc3)nc(-c3cccc(-n4c5ccccc5c5ccccc54)c3)n2)cc1. The first-order valence-electron chi connectivity index (χ1n) is 20.8. The van der Waals surface area contributed by atoms with Gasteiger partial charge in [-0.3, -0.25) is 0 Å². The van der Waals surface area contributed by atoms with Crippen LogP contribution in [0.4, 0.5) is 0 Å². The number of rotatable bonds is 7. The zero-order chi connectivity index (χ0) is 41.0. The summed E-state index contributed by atoms with van der Waals surface area (Å²) in [7, 11) is 0. The molecule has 4 aromatic heterocycles. The Kier molecular flexibility index (Phi) is 8.38. The lowest BCUT2D eigenvalue weighted by molar-refractivity contribution is 0.979. The molecule has 0 saturated carbocycles. The summed E-state index contributed by atoms with van der Waals surface area (Å²) in [5.74, 6) is 1.82. The molecule has 0 atom stereocenters. The summed E-state index contributed by atoms with van der Waals surface area (Å²) >= 11 is 0. The molecule has 0 N–H and O–H groups in total. The van der Waals surface area contributed by atoms with E-state index in [0.29, 0.717) is 17.5 Å². The van der Waals surface area contributed by atoms with Crippen LogP contribution in [0.2, 0.25) is 0 Å². The first-order chi connectivity index (χ1) is 30.7. The van der Waals surface area contributed by atoms with Gasteiger partial charge in [0.05, 0.1) is 22.2 Å². The number of nitrogens with zero attached hydrogens (tertiary/aromatic N) is 6. The first kappa shape index (κ1) is 35.5. The predicted molar refractivity (Wildman–Crippen MR) is 253 cm³/mol. The molecule has 0 radical (unpaired) electrons. The molecule has 0 saturated heterocycles. The molecule has 0 aliphatic carbocycles. The summed E-state index contributed by atoms with van der Waals surface area (Å²) in [5.41, 5.74) is 13.4. The largest absolute Gasteiger partial charge is 0.309 e. The van der Waals surface area contributed by atoms with Crippen molar-refractivity contribution in [3.8, 4) is 73.5 Å². The van der Waals surface area contributed by atoms with Crippen LogP contribution in [-0.2, 0) is 0 Å². The Balaban J connectivity index is 1.00. The summed E-state index contributed by atoms with van der Waals surface area (Å²) in [6.07, 6.45) is 0. The number of pyridine rings is 1. The summed E-state index contributed by atoms with van der Waals surface area (Å²) in [4.78, 5) is 15.3. The van der Waals surface area contributed by atoms with Crippen LogP contribution in [0.25, 0.3) is 112 Å². The van der Waals surface area contributed by atoms with Crippen molar-refractivity contribution in [1.82, 2.24) is 29.1 Å². The quantitative estimate of drug-likeness (QED) is 0.161. The van der Waals surface area contributed by atoms with Crippen LogP contribution >= 0.6 is 0 Å². The Morgan fingerprint density at radius 1 is 0.339 bits per heavy atom. The van der Waals surface area contributed by atoms with E-state index in [1.807, 2.05) is 36.4 Å². The van der Waals surface area contributed by atoms with E-state index < -0.39 is 0 Å². The van der Waals surface area contributed by atoms with Crippen molar-refractivity contribution in [2.24, 2.45) is 0 Å². The summed E-state index contributed by atoms with van der Waals surface area (Å²) in [5, 5.41) is 10.1. The average Bonchev–Trinajstić information content (AvgIpc) is 3.92. The lowest BCUT2D eigenvalue weighted by atomic mass is 9.97. The molecule has 62 heavy (non-hydrogen) atoms. The van der Waals surface area contributed by atoms with E-state index >= 15 is 0 Å². The number of hydrogen-bond acceptors (Lipinski definition) is 4. The highest BCUT2D eigenvalue weighted by atomic mass is 15.2. The van der Waals surface area contributed by atoms with E-state index in [0.717, 1.165) is 83.3 Å².